The third-order valence-corrected chi connectivity index (χ3v) is 6.15. The maximum atomic E-state index is 5.37. The van der Waals surface area contributed by atoms with Crippen LogP contribution in [0, 0.1) is 0 Å². The molecule has 0 amide bonds. The van der Waals surface area contributed by atoms with Crippen LogP contribution in [0.1, 0.15) is 30.5 Å². The number of benzene rings is 1. The summed E-state index contributed by atoms with van der Waals surface area (Å²) >= 11 is 7.40. The highest BCUT2D eigenvalue weighted by molar-refractivity contribution is 9.10. The van der Waals surface area contributed by atoms with Crippen molar-refractivity contribution in [2.24, 2.45) is 0 Å². The van der Waals surface area contributed by atoms with E-state index in [1.807, 2.05) is 0 Å². The van der Waals surface area contributed by atoms with Gasteiger partial charge in [0.2, 0.25) is 0 Å². The van der Waals surface area contributed by atoms with Crippen LogP contribution in [0.2, 0.25) is 0 Å². The fraction of sp³-hybridized carbons (Fsp3) is 0.412. The van der Waals surface area contributed by atoms with E-state index >= 15 is 0 Å². The number of ether oxygens (including phenoxy) is 1. The molecule has 21 heavy (non-hydrogen) atoms. The summed E-state index contributed by atoms with van der Waals surface area (Å²) < 4.78 is 8.98. The number of hydrogen-bond donors (Lipinski definition) is 0. The van der Waals surface area contributed by atoms with E-state index in [1.54, 1.807) is 0 Å². The molecule has 110 valence electrons. The number of nitrogens with zero attached hydrogens (tertiary/aromatic N) is 1. The van der Waals surface area contributed by atoms with Crippen LogP contribution in [-0.4, -0.2) is 22.1 Å². The van der Waals surface area contributed by atoms with E-state index < -0.39 is 0 Å². The van der Waals surface area contributed by atoms with Crippen LogP contribution in [-0.2, 0) is 11.3 Å². The summed E-state index contributed by atoms with van der Waals surface area (Å²) in [6.45, 7) is 4.27. The van der Waals surface area contributed by atoms with Crippen molar-refractivity contribution in [3.05, 3.63) is 40.0 Å². The summed E-state index contributed by atoms with van der Waals surface area (Å²) in [4.78, 5) is 0.412. The largest absolute Gasteiger partial charge is 0.373 e. The first kappa shape index (κ1) is 14.0. The molecule has 3 atom stereocenters. The molecule has 0 spiro atoms. The zero-order chi connectivity index (χ0) is 14.6. The summed E-state index contributed by atoms with van der Waals surface area (Å²) in [5, 5.41) is 1.37. The average molecular weight is 411 g/mol. The fourth-order valence-electron chi connectivity index (χ4n) is 3.29. The Hall–Kier alpha value is -0.580. The lowest BCUT2D eigenvalue weighted by Crippen LogP contribution is -2.13. The quantitative estimate of drug-likeness (QED) is 0.509. The Bertz CT molecular complexity index is 730. The molecule has 2 aliphatic rings. The maximum Gasteiger partial charge on any atom is 0.0826 e. The van der Waals surface area contributed by atoms with Crippen LogP contribution >= 0.6 is 31.9 Å². The molecule has 4 heteroatoms. The molecule has 3 unspecified atom stereocenters. The van der Waals surface area contributed by atoms with Crippen molar-refractivity contribution in [3.63, 3.8) is 0 Å². The molecule has 0 N–H and O–H groups in total. The number of rotatable bonds is 3. The van der Waals surface area contributed by atoms with Crippen LogP contribution < -0.4 is 0 Å². The normalized spacial score (nSPS) is 27.1. The van der Waals surface area contributed by atoms with E-state index in [2.05, 4.69) is 73.7 Å². The summed E-state index contributed by atoms with van der Waals surface area (Å²) in [5.74, 6) is 0.486. The molecule has 2 nitrogen and oxygen atoms in total. The molecular weight excluding hydrogens is 394 g/mol. The van der Waals surface area contributed by atoms with Gasteiger partial charge in [0, 0.05) is 32.4 Å². The smallest absolute Gasteiger partial charge is 0.0826 e. The Morgan fingerprint density at radius 2 is 2.19 bits per heavy atom. The van der Waals surface area contributed by atoms with E-state index in [4.69, 9.17) is 4.74 Å². The molecule has 1 aromatic heterocycles. The molecule has 0 radical (unpaired) electrons. The molecular formula is C17H17Br2NO. The van der Waals surface area contributed by atoms with Gasteiger partial charge in [-0.05, 0) is 42.2 Å². The van der Waals surface area contributed by atoms with Gasteiger partial charge >= 0.3 is 0 Å². The van der Waals surface area contributed by atoms with Crippen LogP contribution in [0.5, 0.6) is 0 Å². The molecule has 1 fully saturated rings. The number of epoxide rings is 1. The summed E-state index contributed by atoms with van der Waals surface area (Å²) in [5.41, 5.74) is 4.17. The van der Waals surface area contributed by atoms with Crippen molar-refractivity contribution in [2.45, 2.75) is 36.7 Å². The van der Waals surface area contributed by atoms with Crippen molar-refractivity contribution in [1.82, 2.24) is 4.57 Å². The predicted octanol–water partition coefficient (Wildman–Crippen LogP) is 5.09. The Morgan fingerprint density at radius 3 is 2.95 bits per heavy atom. The van der Waals surface area contributed by atoms with Crippen molar-refractivity contribution in [3.8, 4) is 0 Å². The second kappa shape index (κ2) is 5.25. The van der Waals surface area contributed by atoms with Gasteiger partial charge in [0.05, 0.1) is 12.7 Å². The van der Waals surface area contributed by atoms with Crippen molar-refractivity contribution < 1.29 is 4.74 Å². The van der Waals surface area contributed by atoms with Gasteiger partial charge in [0.1, 0.15) is 0 Å². The predicted molar refractivity (Wildman–Crippen MR) is 94.2 cm³/mol. The third kappa shape index (κ3) is 2.41. The summed E-state index contributed by atoms with van der Waals surface area (Å²) in [6, 6.07) is 6.63. The number of hydrogen-bond acceptors (Lipinski definition) is 1. The van der Waals surface area contributed by atoms with Crippen molar-refractivity contribution in [1.29, 1.82) is 0 Å². The Balaban J connectivity index is 1.90. The molecule has 2 heterocycles. The Kier molecular flexibility index (Phi) is 3.51. The minimum absolute atomic E-state index is 0.412. The zero-order valence-corrected chi connectivity index (χ0v) is 15.0. The van der Waals surface area contributed by atoms with Gasteiger partial charge in [0.15, 0.2) is 0 Å². The van der Waals surface area contributed by atoms with Crippen molar-refractivity contribution in [2.75, 3.05) is 6.61 Å². The van der Waals surface area contributed by atoms with Gasteiger partial charge < -0.3 is 9.30 Å². The number of fused-ring (bicyclic) bond motifs is 3. The van der Waals surface area contributed by atoms with Gasteiger partial charge in [-0.15, -0.1) is 0 Å². The second-order valence-electron chi connectivity index (χ2n) is 5.95. The van der Waals surface area contributed by atoms with Crippen LogP contribution in [0.3, 0.4) is 0 Å². The topological polar surface area (TPSA) is 17.5 Å². The zero-order valence-electron chi connectivity index (χ0n) is 11.9. The molecule has 2 aromatic rings. The molecule has 0 saturated carbocycles. The molecule has 1 saturated heterocycles. The minimum atomic E-state index is 0.412. The first-order chi connectivity index (χ1) is 10.1. The number of aryl methyl sites for hydroxylation is 1. The highest BCUT2D eigenvalue weighted by atomic mass is 79.9. The van der Waals surface area contributed by atoms with E-state index in [9.17, 15) is 0 Å². The molecule has 1 aliphatic heterocycles. The van der Waals surface area contributed by atoms with Gasteiger partial charge in [-0.1, -0.05) is 44.9 Å². The maximum absolute atomic E-state index is 5.37. The lowest BCUT2D eigenvalue weighted by Gasteiger charge is -2.21. The van der Waals surface area contributed by atoms with Crippen LogP contribution in [0.4, 0.5) is 0 Å². The standard InChI is InChI=1S/C17H17Br2NO/c1-10-14(19)3-5-16-17(10)13-8-11(18)2-4-15(13)20(16)7-6-12-9-21-12/h2-5,8,10,12,14H,6-7,9H2,1H3. The van der Waals surface area contributed by atoms with Gasteiger partial charge in [-0.25, -0.2) is 0 Å². The van der Waals surface area contributed by atoms with Crippen LogP contribution in [0.15, 0.2) is 28.7 Å². The fourth-order valence-corrected chi connectivity index (χ4v) is 4.07. The van der Waals surface area contributed by atoms with Crippen molar-refractivity contribution >= 4 is 48.8 Å². The number of halogens is 2. The summed E-state index contributed by atoms with van der Waals surface area (Å²) in [6.07, 6.45) is 6.12. The monoisotopic (exact) mass is 409 g/mol. The number of alkyl halides is 1. The molecule has 1 aliphatic carbocycles. The lowest BCUT2D eigenvalue weighted by atomic mass is 9.90. The highest BCUT2D eigenvalue weighted by Gasteiger charge is 2.28. The first-order valence-electron chi connectivity index (χ1n) is 7.40. The first-order valence-corrected chi connectivity index (χ1v) is 9.11. The van der Waals surface area contributed by atoms with Gasteiger partial charge in [-0.3, -0.25) is 0 Å². The Morgan fingerprint density at radius 1 is 1.38 bits per heavy atom. The van der Waals surface area contributed by atoms with Gasteiger partial charge in [0.25, 0.3) is 0 Å². The highest BCUT2D eigenvalue weighted by Crippen LogP contribution is 2.41. The molecule has 4 rings (SSSR count). The SMILES string of the molecule is CC1c2c(n(CCC3CO3)c3ccc(Br)cc23)C=CC1Br. The van der Waals surface area contributed by atoms with Crippen LogP contribution in [0.25, 0.3) is 17.0 Å². The van der Waals surface area contributed by atoms with E-state index in [1.165, 1.54) is 22.2 Å². The third-order valence-electron chi connectivity index (χ3n) is 4.55. The Labute approximate surface area is 141 Å². The summed E-state index contributed by atoms with van der Waals surface area (Å²) in [7, 11) is 0. The van der Waals surface area contributed by atoms with E-state index in [0.29, 0.717) is 16.8 Å². The van der Waals surface area contributed by atoms with Gasteiger partial charge in [-0.2, -0.15) is 0 Å². The number of allylic oxidation sites excluding steroid dienone is 1. The number of aromatic nitrogens is 1. The lowest BCUT2D eigenvalue weighted by molar-refractivity contribution is 0.386. The van der Waals surface area contributed by atoms with E-state index in [-0.39, 0.29) is 0 Å². The van der Waals surface area contributed by atoms with E-state index in [0.717, 1.165) is 24.0 Å². The molecule has 1 aromatic carbocycles. The minimum Gasteiger partial charge on any atom is -0.373 e. The second-order valence-corrected chi connectivity index (χ2v) is 7.92. The molecule has 0 bridgehead atoms. The average Bonchev–Trinajstić information content (AvgIpc) is 3.23.